The molecule has 0 atom stereocenters. The van der Waals surface area contributed by atoms with Crippen molar-refractivity contribution in [3.8, 4) is 15.8 Å². The van der Waals surface area contributed by atoms with Gasteiger partial charge in [-0.15, -0.1) is 46.7 Å². The molecule has 78 valence electrons. The van der Waals surface area contributed by atoms with Crippen LogP contribution in [0, 0.1) is 11.3 Å². The van der Waals surface area contributed by atoms with Crippen molar-refractivity contribution < 1.29 is 0 Å². The van der Waals surface area contributed by atoms with E-state index in [1.807, 2.05) is 18.2 Å². The summed E-state index contributed by atoms with van der Waals surface area (Å²) in [5.41, 5.74) is 5.53. The average Bonchev–Trinajstić information content (AvgIpc) is 2.86. The zero-order valence-electron chi connectivity index (χ0n) is 7.77. The molecule has 0 aliphatic rings. The first-order chi connectivity index (χ1) is 6.83. The van der Waals surface area contributed by atoms with Crippen molar-refractivity contribution in [2.45, 2.75) is 6.54 Å². The fourth-order valence-electron chi connectivity index (χ4n) is 1.15. The predicted octanol–water partition coefficient (Wildman–Crippen LogP) is 3.42. The van der Waals surface area contributed by atoms with Crippen molar-refractivity contribution in [2.24, 2.45) is 5.73 Å². The highest BCUT2D eigenvalue weighted by molar-refractivity contribution is 14.0. The Balaban J connectivity index is 0.00000112. The molecule has 2 aromatic rings. The van der Waals surface area contributed by atoms with Crippen LogP contribution < -0.4 is 5.73 Å². The Morgan fingerprint density at radius 3 is 2.33 bits per heavy atom. The summed E-state index contributed by atoms with van der Waals surface area (Å²) in [7, 11) is 0. The standard InChI is InChI=1S/C10H8N2S2.HI/c11-5-7-1-3-9(13-7)10-4-2-8(6-12)14-10;/h1-4H,5,11H2;1H. The molecule has 0 radical (unpaired) electrons. The maximum absolute atomic E-state index is 8.69. The monoisotopic (exact) mass is 348 g/mol. The van der Waals surface area contributed by atoms with Crippen LogP contribution in [-0.4, -0.2) is 0 Å². The van der Waals surface area contributed by atoms with E-state index in [4.69, 9.17) is 11.0 Å². The number of nitrogens with two attached hydrogens (primary N) is 1. The van der Waals surface area contributed by atoms with Crippen LogP contribution in [0.4, 0.5) is 0 Å². The number of hydrogen-bond donors (Lipinski definition) is 1. The number of halogens is 1. The minimum Gasteiger partial charge on any atom is -0.326 e. The Morgan fingerprint density at radius 2 is 1.80 bits per heavy atom. The van der Waals surface area contributed by atoms with Gasteiger partial charge in [0.1, 0.15) is 10.9 Å². The molecule has 2 nitrogen and oxygen atoms in total. The number of rotatable bonds is 2. The summed E-state index contributed by atoms with van der Waals surface area (Å²) in [6, 6.07) is 10.1. The smallest absolute Gasteiger partial charge is 0.110 e. The van der Waals surface area contributed by atoms with Gasteiger partial charge in [-0.3, -0.25) is 0 Å². The molecular weight excluding hydrogens is 339 g/mol. The zero-order chi connectivity index (χ0) is 9.97. The summed E-state index contributed by atoms with van der Waals surface area (Å²) in [4.78, 5) is 4.26. The van der Waals surface area contributed by atoms with E-state index in [2.05, 4.69) is 12.1 Å². The minimum absolute atomic E-state index is 0. The normalized spacial score (nSPS) is 9.33. The summed E-state index contributed by atoms with van der Waals surface area (Å²) in [5.74, 6) is 0. The second-order valence-corrected chi connectivity index (χ2v) is 5.00. The van der Waals surface area contributed by atoms with Crippen molar-refractivity contribution in [1.82, 2.24) is 0 Å². The summed E-state index contributed by atoms with van der Waals surface area (Å²) in [6.07, 6.45) is 0. The number of hydrogen-bond acceptors (Lipinski definition) is 4. The Kier molecular flexibility index (Phi) is 4.73. The van der Waals surface area contributed by atoms with E-state index in [1.54, 1.807) is 11.3 Å². The maximum atomic E-state index is 8.69. The molecule has 0 bridgehead atoms. The van der Waals surface area contributed by atoms with Crippen LogP contribution in [0.3, 0.4) is 0 Å². The van der Waals surface area contributed by atoms with Gasteiger partial charge in [0, 0.05) is 21.2 Å². The van der Waals surface area contributed by atoms with E-state index >= 15 is 0 Å². The summed E-state index contributed by atoms with van der Waals surface area (Å²) >= 11 is 3.20. The molecule has 0 saturated heterocycles. The van der Waals surface area contributed by atoms with Gasteiger partial charge in [-0.1, -0.05) is 0 Å². The van der Waals surface area contributed by atoms with E-state index in [9.17, 15) is 0 Å². The summed E-state index contributed by atoms with van der Waals surface area (Å²) in [5, 5.41) is 8.69. The van der Waals surface area contributed by atoms with Crippen LogP contribution in [0.25, 0.3) is 9.75 Å². The van der Waals surface area contributed by atoms with Crippen molar-refractivity contribution in [3.63, 3.8) is 0 Å². The van der Waals surface area contributed by atoms with Crippen molar-refractivity contribution >= 4 is 46.7 Å². The SMILES string of the molecule is I.N#Cc1ccc(-c2ccc(CN)s2)s1. The average molecular weight is 348 g/mol. The summed E-state index contributed by atoms with van der Waals surface area (Å²) < 4.78 is 0. The van der Waals surface area contributed by atoms with Crippen LogP contribution in [0.2, 0.25) is 0 Å². The van der Waals surface area contributed by atoms with Gasteiger partial charge in [-0.25, -0.2) is 0 Å². The molecular formula is C10H9IN2S2. The lowest BCUT2D eigenvalue weighted by molar-refractivity contribution is 1.11. The first kappa shape index (κ1) is 12.6. The second-order valence-electron chi connectivity index (χ2n) is 2.75. The van der Waals surface area contributed by atoms with Gasteiger partial charge in [0.15, 0.2) is 0 Å². The molecule has 0 saturated carbocycles. The van der Waals surface area contributed by atoms with Crippen LogP contribution in [0.1, 0.15) is 9.75 Å². The highest BCUT2D eigenvalue weighted by Gasteiger charge is 2.04. The van der Waals surface area contributed by atoms with Gasteiger partial charge in [0.05, 0.1) is 0 Å². The molecule has 0 aliphatic heterocycles. The molecule has 2 heterocycles. The topological polar surface area (TPSA) is 49.8 Å². The Morgan fingerprint density at radius 1 is 1.13 bits per heavy atom. The molecule has 2 N–H and O–H groups in total. The van der Waals surface area contributed by atoms with E-state index in [0.29, 0.717) is 6.54 Å². The minimum atomic E-state index is 0. The third-order valence-electron chi connectivity index (χ3n) is 1.82. The first-order valence-corrected chi connectivity index (χ1v) is 5.76. The van der Waals surface area contributed by atoms with E-state index in [-0.39, 0.29) is 24.0 Å². The molecule has 0 unspecified atom stereocenters. The molecule has 2 aromatic heterocycles. The quantitative estimate of drug-likeness (QED) is 0.846. The van der Waals surface area contributed by atoms with Crippen molar-refractivity contribution in [2.75, 3.05) is 0 Å². The highest BCUT2D eigenvalue weighted by atomic mass is 127. The van der Waals surface area contributed by atoms with Crippen LogP contribution in [-0.2, 0) is 6.54 Å². The van der Waals surface area contributed by atoms with Crippen LogP contribution >= 0.6 is 46.7 Å². The van der Waals surface area contributed by atoms with E-state index in [1.165, 1.54) is 21.1 Å². The van der Waals surface area contributed by atoms with Crippen molar-refractivity contribution in [3.05, 3.63) is 34.0 Å². The van der Waals surface area contributed by atoms with Gasteiger partial charge in [-0.2, -0.15) is 5.26 Å². The first-order valence-electron chi connectivity index (χ1n) is 4.12. The molecule has 2 rings (SSSR count). The van der Waals surface area contributed by atoms with Gasteiger partial charge in [0.25, 0.3) is 0 Å². The van der Waals surface area contributed by atoms with Crippen LogP contribution in [0.15, 0.2) is 24.3 Å². The molecule has 0 amide bonds. The molecule has 15 heavy (non-hydrogen) atoms. The van der Waals surface area contributed by atoms with E-state index in [0.717, 1.165) is 9.75 Å². The molecule has 0 aliphatic carbocycles. The molecule has 0 aromatic carbocycles. The van der Waals surface area contributed by atoms with Crippen molar-refractivity contribution in [1.29, 1.82) is 5.26 Å². The Bertz CT molecular complexity index is 482. The fraction of sp³-hybridized carbons (Fsp3) is 0.100. The predicted molar refractivity (Wildman–Crippen MR) is 75.7 cm³/mol. The lowest BCUT2D eigenvalue weighted by Crippen LogP contribution is -1.90. The molecule has 0 spiro atoms. The third kappa shape index (κ3) is 2.78. The molecule has 5 heteroatoms. The highest BCUT2D eigenvalue weighted by Crippen LogP contribution is 2.33. The lowest BCUT2D eigenvalue weighted by Gasteiger charge is -1.88. The zero-order valence-corrected chi connectivity index (χ0v) is 11.7. The maximum Gasteiger partial charge on any atom is 0.110 e. The number of nitriles is 1. The fourth-order valence-corrected chi connectivity index (χ4v) is 2.93. The number of thiophene rings is 2. The van der Waals surface area contributed by atoms with Crippen LogP contribution in [0.5, 0.6) is 0 Å². The lowest BCUT2D eigenvalue weighted by atomic mass is 10.3. The second kappa shape index (κ2) is 5.61. The number of nitrogens with zero attached hydrogens (tertiary/aromatic N) is 1. The Hall–Kier alpha value is -0.420. The van der Waals surface area contributed by atoms with Gasteiger partial charge in [-0.05, 0) is 24.3 Å². The third-order valence-corrected chi connectivity index (χ3v) is 4.12. The Labute approximate surface area is 113 Å². The van der Waals surface area contributed by atoms with Gasteiger partial charge < -0.3 is 5.73 Å². The summed E-state index contributed by atoms with van der Waals surface area (Å²) in [6.45, 7) is 0.584. The van der Waals surface area contributed by atoms with Gasteiger partial charge in [0.2, 0.25) is 0 Å². The molecule has 0 fully saturated rings. The van der Waals surface area contributed by atoms with E-state index < -0.39 is 0 Å². The largest absolute Gasteiger partial charge is 0.326 e. The van der Waals surface area contributed by atoms with Gasteiger partial charge >= 0.3 is 0 Å².